The molecule has 1 aromatic heterocycles. The first-order chi connectivity index (χ1) is 16.0. The van der Waals surface area contributed by atoms with Gasteiger partial charge in [0.2, 0.25) is 11.9 Å². The number of rotatable bonds is 11. The Morgan fingerprint density at radius 1 is 1.21 bits per heavy atom. The molecular weight excluding hydrogens is 427 g/mol. The molecule has 0 saturated carbocycles. The molecule has 178 valence electrons. The molecule has 0 bridgehead atoms. The molecular formula is C24H31FN4O4. The van der Waals surface area contributed by atoms with Crippen molar-refractivity contribution in [3.05, 3.63) is 47.8 Å². The van der Waals surface area contributed by atoms with Gasteiger partial charge in [0.25, 0.3) is 0 Å². The van der Waals surface area contributed by atoms with Gasteiger partial charge in [-0.25, -0.2) is 14.4 Å². The summed E-state index contributed by atoms with van der Waals surface area (Å²) in [6.45, 7) is 3.72. The Kier molecular flexibility index (Phi) is 9.12. The van der Waals surface area contributed by atoms with Crippen molar-refractivity contribution >= 4 is 18.1 Å². The maximum atomic E-state index is 13.1. The lowest BCUT2D eigenvalue weighted by molar-refractivity contribution is -0.142. The van der Waals surface area contributed by atoms with E-state index in [4.69, 9.17) is 4.74 Å². The second-order valence-corrected chi connectivity index (χ2v) is 8.00. The first-order valence-corrected chi connectivity index (χ1v) is 11.3. The topological polar surface area (TPSA) is 95.9 Å². The highest BCUT2D eigenvalue weighted by Gasteiger charge is 2.32. The Morgan fingerprint density at radius 2 is 1.94 bits per heavy atom. The molecule has 0 spiro atoms. The Morgan fingerprint density at radius 3 is 2.58 bits per heavy atom. The van der Waals surface area contributed by atoms with Crippen LogP contribution in [0, 0.1) is 5.92 Å². The monoisotopic (exact) mass is 458 g/mol. The molecule has 1 saturated heterocycles. The second kappa shape index (κ2) is 12.2. The van der Waals surface area contributed by atoms with E-state index in [9.17, 15) is 19.1 Å². The number of aryl methyl sites for hydroxylation is 1. The van der Waals surface area contributed by atoms with E-state index in [2.05, 4.69) is 9.97 Å². The standard InChI is InChI=1S/C24H31FN4O4/c1-2-33-20-8-6-18(7-9-20)4-3-5-21(22(31)17-30)23(32)28-12-14-29(15-13-28)24-26-11-10-19(16-25)27-24/h6-11,17,21-22,31H,2-5,12-16H2,1H3/t21-,22-/m1/s1. The number of alkyl halides is 1. The van der Waals surface area contributed by atoms with Crippen LogP contribution in [0.2, 0.25) is 0 Å². The minimum absolute atomic E-state index is 0.223. The van der Waals surface area contributed by atoms with Gasteiger partial charge in [0.15, 0.2) is 0 Å². The van der Waals surface area contributed by atoms with Crippen molar-refractivity contribution in [3.8, 4) is 5.75 Å². The number of nitrogens with zero attached hydrogens (tertiary/aromatic N) is 4. The average Bonchev–Trinajstić information content (AvgIpc) is 2.87. The van der Waals surface area contributed by atoms with E-state index < -0.39 is 18.7 Å². The van der Waals surface area contributed by atoms with Crippen LogP contribution in [0.15, 0.2) is 36.5 Å². The number of piperazine rings is 1. The van der Waals surface area contributed by atoms with Gasteiger partial charge in [-0.2, -0.15) is 0 Å². The zero-order valence-electron chi connectivity index (χ0n) is 18.9. The van der Waals surface area contributed by atoms with E-state index in [0.717, 1.165) is 17.7 Å². The summed E-state index contributed by atoms with van der Waals surface area (Å²) in [5, 5.41) is 10.2. The van der Waals surface area contributed by atoms with Crippen LogP contribution in [-0.4, -0.2) is 71.1 Å². The Hall–Kier alpha value is -3.07. The normalized spacial score (nSPS) is 15.7. The molecule has 1 aromatic carbocycles. The highest BCUT2D eigenvalue weighted by molar-refractivity contribution is 5.83. The van der Waals surface area contributed by atoms with Gasteiger partial charge >= 0.3 is 0 Å². The fourth-order valence-electron chi connectivity index (χ4n) is 3.95. The molecule has 1 amide bonds. The molecule has 1 aliphatic heterocycles. The van der Waals surface area contributed by atoms with Gasteiger partial charge in [-0.15, -0.1) is 0 Å². The highest BCUT2D eigenvalue weighted by Crippen LogP contribution is 2.20. The van der Waals surface area contributed by atoms with E-state index in [1.165, 1.54) is 12.3 Å². The van der Waals surface area contributed by atoms with Gasteiger partial charge in [-0.1, -0.05) is 12.1 Å². The zero-order chi connectivity index (χ0) is 23.6. The molecule has 33 heavy (non-hydrogen) atoms. The lowest BCUT2D eigenvalue weighted by Gasteiger charge is -2.36. The number of carbonyl (C=O) groups is 2. The predicted molar refractivity (Wildman–Crippen MR) is 122 cm³/mol. The molecule has 2 atom stereocenters. The van der Waals surface area contributed by atoms with Gasteiger partial charge < -0.3 is 24.4 Å². The number of aliphatic hydroxyl groups is 1. The van der Waals surface area contributed by atoms with Crippen molar-refractivity contribution in [2.24, 2.45) is 5.92 Å². The van der Waals surface area contributed by atoms with E-state index in [1.54, 1.807) is 4.90 Å². The summed E-state index contributed by atoms with van der Waals surface area (Å²) in [7, 11) is 0. The van der Waals surface area contributed by atoms with Crippen LogP contribution < -0.4 is 9.64 Å². The molecule has 1 fully saturated rings. The van der Waals surface area contributed by atoms with E-state index in [0.29, 0.717) is 63.6 Å². The van der Waals surface area contributed by atoms with Crippen molar-refractivity contribution in [2.75, 3.05) is 37.7 Å². The van der Waals surface area contributed by atoms with Crippen molar-refractivity contribution in [3.63, 3.8) is 0 Å². The SMILES string of the molecule is CCOc1ccc(CCC[C@@H](C(=O)N2CCN(c3nccc(CF)n3)CC2)[C@H](O)C=O)cc1. The molecule has 0 unspecified atom stereocenters. The second-order valence-electron chi connectivity index (χ2n) is 8.00. The van der Waals surface area contributed by atoms with Gasteiger partial charge in [0.1, 0.15) is 24.8 Å². The first kappa shape index (κ1) is 24.6. The first-order valence-electron chi connectivity index (χ1n) is 11.3. The van der Waals surface area contributed by atoms with Crippen molar-refractivity contribution < 1.29 is 23.8 Å². The highest BCUT2D eigenvalue weighted by atomic mass is 19.1. The molecule has 2 heterocycles. The van der Waals surface area contributed by atoms with Crippen molar-refractivity contribution in [1.29, 1.82) is 0 Å². The lowest BCUT2D eigenvalue weighted by atomic mass is 9.93. The maximum absolute atomic E-state index is 13.1. The number of aldehydes is 1. The molecule has 3 rings (SSSR count). The van der Waals surface area contributed by atoms with E-state index >= 15 is 0 Å². The smallest absolute Gasteiger partial charge is 0.228 e. The van der Waals surface area contributed by atoms with Crippen LogP contribution in [0.5, 0.6) is 5.75 Å². The fraction of sp³-hybridized carbons (Fsp3) is 0.500. The molecule has 9 heteroatoms. The fourth-order valence-corrected chi connectivity index (χ4v) is 3.95. The average molecular weight is 459 g/mol. The van der Waals surface area contributed by atoms with Crippen LogP contribution >= 0.6 is 0 Å². The van der Waals surface area contributed by atoms with Crippen LogP contribution in [0.1, 0.15) is 31.0 Å². The zero-order valence-corrected chi connectivity index (χ0v) is 18.9. The van der Waals surface area contributed by atoms with Gasteiger partial charge in [-0.3, -0.25) is 4.79 Å². The minimum Gasteiger partial charge on any atom is -0.494 e. The quantitative estimate of drug-likeness (QED) is 0.516. The van der Waals surface area contributed by atoms with Gasteiger partial charge in [-0.05, 0) is 49.9 Å². The largest absolute Gasteiger partial charge is 0.494 e. The summed E-state index contributed by atoms with van der Waals surface area (Å²) >= 11 is 0. The summed E-state index contributed by atoms with van der Waals surface area (Å²) in [4.78, 5) is 36.3. The number of hydrogen-bond donors (Lipinski definition) is 1. The summed E-state index contributed by atoms with van der Waals surface area (Å²) in [5.41, 5.74) is 1.43. The van der Waals surface area contributed by atoms with Crippen molar-refractivity contribution in [2.45, 2.75) is 39.0 Å². The number of anilines is 1. The number of hydrogen-bond acceptors (Lipinski definition) is 7. The van der Waals surface area contributed by atoms with E-state index in [1.807, 2.05) is 36.1 Å². The Labute approximate surface area is 193 Å². The summed E-state index contributed by atoms with van der Waals surface area (Å²) in [5.74, 6) is 0.256. The van der Waals surface area contributed by atoms with Gasteiger partial charge in [0.05, 0.1) is 18.2 Å². The Balaban J connectivity index is 1.54. The van der Waals surface area contributed by atoms with E-state index in [-0.39, 0.29) is 5.91 Å². The van der Waals surface area contributed by atoms with Crippen LogP contribution in [-0.2, 0) is 22.7 Å². The number of aliphatic hydroxyl groups excluding tert-OH is 1. The molecule has 8 nitrogen and oxygen atoms in total. The lowest BCUT2D eigenvalue weighted by Crippen LogP contribution is -2.52. The summed E-state index contributed by atoms with van der Waals surface area (Å²) in [6, 6.07) is 9.32. The number of amides is 1. The molecule has 0 radical (unpaired) electrons. The summed E-state index contributed by atoms with van der Waals surface area (Å²) < 4.78 is 18.3. The molecule has 1 aliphatic rings. The molecule has 2 aromatic rings. The number of halogens is 1. The van der Waals surface area contributed by atoms with Crippen LogP contribution in [0.4, 0.5) is 10.3 Å². The van der Waals surface area contributed by atoms with Crippen LogP contribution in [0.25, 0.3) is 0 Å². The molecule has 1 N–H and O–H groups in total. The van der Waals surface area contributed by atoms with Crippen LogP contribution in [0.3, 0.4) is 0 Å². The number of benzene rings is 1. The third kappa shape index (κ3) is 6.71. The Bertz CT molecular complexity index is 904. The third-order valence-electron chi connectivity index (χ3n) is 5.80. The number of aromatic nitrogens is 2. The molecule has 0 aliphatic carbocycles. The summed E-state index contributed by atoms with van der Waals surface area (Å²) in [6.07, 6.45) is 2.44. The predicted octanol–water partition coefficient (Wildman–Crippen LogP) is 2.19. The maximum Gasteiger partial charge on any atom is 0.228 e. The minimum atomic E-state index is -1.33. The van der Waals surface area contributed by atoms with Gasteiger partial charge in [0, 0.05) is 32.4 Å². The number of carbonyl (C=O) groups excluding carboxylic acids is 2. The number of ether oxygens (including phenoxy) is 1. The third-order valence-corrected chi connectivity index (χ3v) is 5.80. The van der Waals surface area contributed by atoms with Crippen molar-refractivity contribution in [1.82, 2.24) is 14.9 Å².